The molecule has 1 heterocycles. The van der Waals surface area contributed by atoms with E-state index in [-0.39, 0.29) is 23.0 Å². The molecule has 0 fully saturated rings. The third-order valence-corrected chi connectivity index (χ3v) is 5.24. The van der Waals surface area contributed by atoms with Crippen LogP contribution in [0, 0.1) is 6.92 Å². The minimum Gasteiger partial charge on any atom is -0.492 e. The van der Waals surface area contributed by atoms with Gasteiger partial charge in [0.15, 0.2) is 5.76 Å². The summed E-state index contributed by atoms with van der Waals surface area (Å²) >= 11 is 0. The second-order valence-corrected chi connectivity index (χ2v) is 7.61. The molecule has 0 saturated heterocycles. The number of ether oxygens (including phenoxy) is 1. The monoisotopic (exact) mass is 387 g/mol. The summed E-state index contributed by atoms with van der Waals surface area (Å²) in [6.45, 7) is 3.59. The number of hydrogen-bond donors (Lipinski definition) is 1. The Morgan fingerprint density at radius 2 is 1.93 bits per heavy atom. The molecule has 0 unspecified atom stereocenters. The van der Waals surface area contributed by atoms with Gasteiger partial charge in [-0.2, -0.15) is 0 Å². The summed E-state index contributed by atoms with van der Waals surface area (Å²) in [5, 5.41) is 0.698. The van der Waals surface area contributed by atoms with Gasteiger partial charge in [0.05, 0.1) is 6.61 Å². The zero-order valence-electron chi connectivity index (χ0n) is 14.9. The molecular formula is C19H19N2O5S. The van der Waals surface area contributed by atoms with Crippen LogP contribution in [-0.4, -0.2) is 35.0 Å². The molecule has 27 heavy (non-hydrogen) atoms. The number of hydrogen-bond acceptors (Lipinski definition) is 6. The van der Waals surface area contributed by atoms with E-state index in [0.717, 1.165) is 5.69 Å². The van der Waals surface area contributed by atoms with E-state index in [1.54, 1.807) is 24.3 Å². The summed E-state index contributed by atoms with van der Waals surface area (Å²) in [5.41, 5.74) is 1.39. The van der Waals surface area contributed by atoms with E-state index in [1.165, 1.54) is 18.2 Å². The predicted molar refractivity (Wildman–Crippen MR) is 102 cm³/mol. The fraction of sp³-hybridized carbons (Fsp3) is 0.158. The van der Waals surface area contributed by atoms with Crippen LogP contribution in [0.5, 0.6) is 5.75 Å². The number of benzene rings is 2. The largest absolute Gasteiger partial charge is 0.492 e. The summed E-state index contributed by atoms with van der Waals surface area (Å²) < 4.78 is 38.0. The Bertz CT molecular complexity index is 1090. The molecule has 8 heteroatoms. The van der Waals surface area contributed by atoms with Crippen molar-refractivity contribution in [1.82, 2.24) is 4.72 Å². The van der Waals surface area contributed by atoms with Crippen molar-refractivity contribution in [3.8, 4) is 5.75 Å². The van der Waals surface area contributed by atoms with Gasteiger partial charge in [-0.15, -0.1) is 0 Å². The zero-order chi connectivity index (χ0) is 19.6. The Balaban J connectivity index is 1.89. The highest BCUT2D eigenvalue weighted by atomic mass is 32.2. The fourth-order valence-corrected chi connectivity index (χ4v) is 3.64. The molecule has 3 aromatic rings. The van der Waals surface area contributed by atoms with Gasteiger partial charge in [-0.25, -0.2) is 13.1 Å². The number of nitrogens with one attached hydrogen (secondary N) is 1. The molecule has 0 spiro atoms. The Morgan fingerprint density at radius 3 is 2.63 bits per heavy atom. The minimum absolute atomic E-state index is 0.0538. The highest BCUT2D eigenvalue weighted by molar-refractivity contribution is 7.90. The molecule has 3 rings (SSSR count). The minimum atomic E-state index is -4.14. The number of anilines is 1. The molecule has 2 aromatic carbocycles. The maximum Gasteiger partial charge on any atom is 0.300 e. The van der Waals surface area contributed by atoms with E-state index in [2.05, 4.69) is 6.92 Å². The van der Waals surface area contributed by atoms with Gasteiger partial charge in [-0.1, -0.05) is 12.1 Å². The van der Waals surface area contributed by atoms with Crippen LogP contribution >= 0.6 is 0 Å². The van der Waals surface area contributed by atoms with Crippen LogP contribution in [0.3, 0.4) is 0 Å². The quantitative estimate of drug-likeness (QED) is 0.700. The summed E-state index contributed by atoms with van der Waals surface area (Å²) in [6.07, 6.45) is 0. The lowest BCUT2D eigenvalue weighted by Crippen LogP contribution is -2.30. The standard InChI is InChI=1S/C19H19N2O5S/c1-4-25-15-7-5-6-8-18(15)27(23,24)20-19(22)17-11-13-9-10-14(21(2)3)12-16(13)26-17/h5-12H,1,4H2,2-3H3,(H,20,22). The Labute approximate surface area is 157 Å². The predicted octanol–water partition coefficient (Wildman–Crippen LogP) is 2.83. The van der Waals surface area contributed by atoms with E-state index in [9.17, 15) is 13.2 Å². The van der Waals surface area contributed by atoms with E-state index >= 15 is 0 Å². The number of sulfonamides is 1. The molecule has 1 radical (unpaired) electrons. The topological polar surface area (TPSA) is 88.8 Å². The lowest BCUT2D eigenvalue weighted by atomic mass is 10.2. The average Bonchev–Trinajstić information content (AvgIpc) is 3.05. The van der Waals surface area contributed by atoms with Gasteiger partial charge >= 0.3 is 5.91 Å². The summed E-state index contributed by atoms with van der Waals surface area (Å²) in [7, 11) is -0.371. The van der Waals surface area contributed by atoms with Crippen molar-refractivity contribution in [3.63, 3.8) is 0 Å². The van der Waals surface area contributed by atoms with E-state index in [4.69, 9.17) is 9.15 Å². The lowest BCUT2D eigenvalue weighted by molar-refractivity contribution is 0.0956. The highest BCUT2D eigenvalue weighted by Gasteiger charge is 2.24. The zero-order valence-corrected chi connectivity index (χ0v) is 15.7. The van der Waals surface area contributed by atoms with Crippen molar-refractivity contribution in [2.75, 3.05) is 25.6 Å². The first kappa shape index (κ1) is 18.8. The number of carbonyl (C=O) groups excluding carboxylic acids is 1. The van der Waals surface area contributed by atoms with Crippen LogP contribution < -0.4 is 14.4 Å². The van der Waals surface area contributed by atoms with Crippen LogP contribution in [-0.2, 0) is 10.0 Å². The van der Waals surface area contributed by atoms with Crippen LogP contribution in [0.2, 0.25) is 0 Å². The fourth-order valence-electron chi connectivity index (χ4n) is 2.54. The normalized spacial score (nSPS) is 11.4. The van der Waals surface area contributed by atoms with Crippen LogP contribution in [0.25, 0.3) is 11.0 Å². The number of furan rings is 1. The van der Waals surface area contributed by atoms with Crippen molar-refractivity contribution in [2.24, 2.45) is 0 Å². The number of nitrogens with zero attached hydrogens (tertiary/aromatic N) is 1. The molecule has 141 valence electrons. The van der Waals surface area contributed by atoms with Gasteiger partial charge in [0.2, 0.25) is 0 Å². The molecule has 0 aliphatic carbocycles. The maximum absolute atomic E-state index is 12.6. The second kappa shape index (κ2) is 7.32. The number of para-hydroxylation sites is 1. The molecule has 1 aromatic heterocycles. The molecule has 7 nitrogen and oxygen atoms in total. The third-order valence-electron chi connectivity index (χ3n) is 3.87. The second-order valence-electron chi connectivity index (χ2n) is 5.96. The first-order chi connectivity index (χ1) is 12.8. The van der Waals surface area contributed by atoms with Crippen molar-refractivity contribution in [3.05, 3.63) is 61.2 Å². The molecule has 1 amide bonds. The van der Waals surface area contributed by atoms with Crippen molar-refractivity contribution in [2.45, 2.75) is 4.90 Å². The van der Waals surface area contributed by atoms with E-state index in [0.29, 0.717) is 11.0 Å². The van der Waals surface area contributed by atoms with Gasteiger partial charge in [-0.3, -0.25) is 4.79 Å². The first-order valence-corrected chi connectivity index (χ1v) is 9.59. The molecule has 0 atom stereocenters. The van der Waals surface area contributed by atoms with Gasteiger partial charge in [0, 0.05) is 31.2 Å². The van der Waals surface area contributed by atoms with Crippen molar-refractivity contribution >= 4 is 32.6 Å². The number of rotatable bonds is 6. The van der Waals surface area contributed by atoms with Crippen LogP contribution in [0.1, 0.15) is 10.6 Å². The van der Waals surface area contributed by atoms with Crippen molar-refractivity contribution < 1.29 is 22.4 Å². The van der Waals surface area contributed by atoms with Crippen molar-refractivity contribution in [1.29, 1.82) is 0 Å². The summed E-state index contributed by atoms with van der Waals surface area (Å²) in [5.74, 6) is -0.838. The van der Waals surface area contributed by atoms with E-state index in [1.807, 2.05) is 29.8 Å². The van der Waals surface area contributed by atoms with Crippen LogP contribution in [0.4, 0.5) is 5.69 Å². The summed E-state index contributed by atoms with van der Waals surface area (Å²) in [4.78, 5) is 14.2. The lowest BCUT2D eigenvalue weighted by Gasteiger charge is -2.11. The maximum atomic E-state index is 12.6. The molecule has 1 N–H and O–H groups in total. The SMILES string of the molecule is [CH2]COc1ccccc1S(=O)(=O)NC(=O)c1cc2ccc(N(C)C)cc2o1. The molecule has 0 aliphatic heterocycles. The van der Waals surface area contributed by atoms with Gasteiger partial charge in [0.1, 0.15) is 16.2 Å². The van der Waals surface area contributed by atoms with Gasteiger partial charge in [-0.05, 0) is 37.3 Å². The smallest absolute Gasteiger partial charge is 0.300 e. The molecule has 0 bridgehead atoms. The Kier molecular flexibility index (Phi) is 5.09. The Morgan fingerprint density at radius 1 is 1.19 bits per heavy atom. The van der Waals surface area contributed by atoms with E-state index < -0.39 is 15.9 Å². The first-order valence-electron chi connectivity index (χ1n) is 8.11. The summed E-state index contributed by atoms with van der Waals surface area (Å²) in [6, 6.07) is 13.0. The number of carbonyl (C=O) groups is 1. The Hall–Kier alpha value is -3.00. The average molecular weight is 387 g/mol. The van der Waals surface area contributed by atoms with Crippen LogP contribution in [0.15, 0.2) is 57.8 Å². The highest BCUT2D eigenvalue weighted by Crippen LogP contribution is 2.26. The third kappa shape index (κ3) is 3.90. The number of fused-ring (bicyclic) bond motifs is 1. The van der Waals surface area contributed by atoms with Gasteiger partial charge < -0.3 is 14.1 Å². The molecular weight excluding hydrogens is 368 g/mol. The molecule has 0 aliphatic rings. The van der Waals surface area contributed by atoms with Gasteiger partial charge in [0.25, 0.3) is 10.0 Å². The number of amides is 1. The molecule has 0 saturated carbocycles.